The number of aliphatic hydroxyl groups excluding tert-OH is 1. The Morgan fingerprint density at radius 1 is 1.55 bits per heavy atom. The van der Waals surface area contributed by atoms with Gasteiger partial charge in [-0.1, -0.05) is 0 Å². The van der Waals surface area contributed by atoms with E-state index in [-0.39, 0.29) is 6.10 Å². The molecule has 0 amide bonds. The fourth-order valence-electron chi connectivity index (χ4n) is 3.30. The van der Waals surface area contributed by atoms with Gasteiger partial charge in [0.05, 0.1) is 24.5 Å². The molecule has 4 heterocycles. The Morgan fingerprint density at radius 2 is 2.50 bits per heavy atom. The molecule has 1 N–H and O–H groups in total. The Labute approximate surface area is 121 Å². The number of hydrogen-bond acceptors (Lipinski definition) is 5. The minimum Gasteiger partial charge on any atom is -0.390 e. The molecule has 6 heteroatoms. The van der Waals surface area contributed by atoms with E-state index in [0.717, 1.165) is 30.4 Å². The first kappa shape index (κ1) is 12.8. The van der Waals surface area contributed by atoms with Gasteiger partial charge in [-0.05, 0) is 19.4 Å². The van der Waals surface area contributed by atoms with E-state index in [4.69, 9.17) is 4.74 Å². The zero-order chi connectivity index (χ0) is 13.5. The smallest absolute Gasteiger partial charge is 0.193 e. The Morgan fingerprint density at radius 3 is 3.40 bits per heavy atom. The summed E-state index contributed by atoms with van der Waals surface area (Å²) < 4.78 is 7.86. The van der Waals surface area contributed by atoms with Crippen LogP contribution in [-0.4, -0.2) is 57.3 Å². The van der Waals surface area contributed by atoms with Crippen LogP contribution in [0.15, 0.2) is 17.8 Å². The number of morpholine rings is 1. The van der Waals surface area contributed by atoms with E-state index in [0.29, 0.717) is 12.5 Å². The molecule has 108 valence electrons. The van der Waals surface area contributed by atoms with Gasteiger partial charge in [-0.15, -0.1) is 11.3 Å². The SMILES string of the molecule is OC(Cc1cn2ccsc2n1)C1CN2CCCC2CO1. The van der Waals surface area contributed by atoms with E-state index in [1.165, 1.54) is 12.8 Å². The molecule has 2 fully saturated rings. The van der Waals surface area contributed by atoms with Gasteiger partial charge in [0.2, 0.25) is 0 Å². The van der Waals surface area contributed by atoms with Crippen molar-refractivity contribution in [1.82, 2.24) is 14.3 Å². The largest absolute Gasteiger partial charge is 0.390 e. The Hall–Kier alpha value is -0.950. The van der Waals surface area contributed by atoms with Gasteiger partial charge in [0.25, 0.3) is 0 Å². The first-order valence-electron chi connectivity index (χ1n) is 7.24. The third kappa shape index (κ3) is 2.26. The molecule has 4 rings (SSSR count). The zero-order valence-electron chi connectivity index (χ0n) is 11.3. The molecule has 0 bridgehead atoms. The van der Waals surface area contributed by atoms with Crippen molar-refractivity contribution in [2.24, 2.45) is 0 Å². The molecular formula is C14H19N3O2S. The maximum absolute atomic E-state index is 10.4. The quantitative estimate of drug-likeness (QED) is 0.923. The van der Waals surface area contributed by atoms with Gasteiger partial charge in [-0.3, -0.25) is 9.30 Å². The molecule has 0 spiro atoms. The lowest BCUT2D eigenvalue weighted by atomic mass is 10.1. The maximum atomic E-state index is 10.4. The van der Waals surface area contributed by atoms with Gasteiger partial charge < -0.3 is 9.84 Å². The van der Waals surface area contributed by atoms with Crippen molar-refractivity contribution >= 4 is 16.3 Å². The third-order valence-corrected chi connectivity index (χ3v) is 5.18. The van der Waals surface area contributed by atoms with Crippen molar-refractivity contribution in [1.29, 1.82) is 0 Å². The highest BCUT2D eigenvalue weighted by molar-refractivity contribution is 7.15. The molecule has 0 saturated carbocycles. The van der Waals surface area contributed by atoms with Crippen molar-refractivity contribution in [2.45, 2.75) is 37.5 Å². The van der Waals surface area contributed by atoms with Crippen molar-refractivity contribution in [3.8, 4) is 0 Å². The summed E-state index contributed by atoms with van der Waals surface area (Å²) >= 11 is 1.61. The van der Waals surface area contributed by atoms with E-state index >= 15 is 0 Å². The van der Waals surface area contributed by atoms with Crippen molar-refractivity contribution in [3.05, 3.63) is 23.5 Å². The highest BCUT2D eigenvalue weighted by atomic mass is 32.1. The van der Waals surface area contributed by atoms with Gasteiger partial charge >= 0.3 is 0 Å². The highest BCUT2D eigenvalue weighted by Crippen LogP contribution is 2.24. The summed E-state index contributed by atoms with van der Waals surface area (Å²) in [5, 5.41) is 12.4. The molecule has 20 heavy (non-hydrogen) atoms. The molecule has 0 aliphatic carbocycles. The number of thiazole rings is 1. The predicted molar refractivity (Wildman–Crippen MR) is 77.1 cm³/mol. The fourth-order valence-corrected chi connectivity index (χ4v) is 4.01. The minimum atomic E-state index is -0.471. The van der Waals surface area contributed by atoms with Crippen molar-refractivity contribution in [2.75, 3.05) is 19.7 Å². The van der Waals surface area contributed by atoms with E-state index in [1.54, 1.807) is 11.3 Å². The molecule has 2 aliphatic heterocycles. The van der Waals surface area contributed by atoms with Crippen LogP contribution < -0.4 is 0 Å². The Balaban J connectivity index is 1.42. The lowest BCUT2D eigenvalue weighted by molar-refractivity contribution is -0.101. The molecule has 2 aliphatic rings. The van der Waals surface area contributed by atoms with Crippen molar-refractivity contribution < 1.29 is 9.84 Å². The summed E-state index contributed by atoms with van der Waals surface area (Å²) in [6, 6.07) is 0.580. The van der Waals surface area contributed by atoms with Crippen LogP contribution in [0.2, 0.25) is 0 Å². The van der Waals surface area contributed by atoms with E-state index < -0.39 is 6.10 Å². The molecule has 5 nitrogen and oxygen atoms in total. The molecule has 3 unspecified atom stereocenters. The van der Waals surface area contributed by atoms with Crippen LogP contribution in [0.4, 0.5) is 0 Å². The maximum Gasteiger partial charge on any atom is 0.193 e. The second kappa shape index (κ2) is 5.11. The van der Waals surface area contributed by atoms with Crippen LogP contribution in [0.5, 0.6) is 0 Å². The number of aliphatic hydroxyl groups is 1. The van der Waals surface area contributed by atoms with Crippen LogP contribution >= 0.6 is 11.3 Å². The first-order chi connectivity index (χ1) is 9.79. The highest BCUT2D eigenvalue weighted by Gasteiger charge is 2.35. The summed E-state index contributed by atoms with van der Waals surface area (Å²) in [5.74, 6) is 0. The van der Waals surface area contributed by atoms with Crippen LogP contribution in [0.25, 0.3) is 4.96 Å². The number of fused-ring (bicyclic) bond motifs is 2. The monoisotopic (exact) mass is 293 g/mol. The summed E-state index contributed by atoms with van der Waals surface area (Å²) in [7, 11) is 0. The van der Waals surface area contributed by atoms with Crippen LogP contribution in [0.3, 0.4) is 0 Å². The van der Waals surface area contributed by atoms with Crippen LogP contribution in [0, 0.1) is 0 Å². The minimum absolute atomic E-state index is 0.0796. The van der Waals surface area contributed by atoms with Crippen LogP contribution in [0.1, 0.15) is 18.5 Å². The number of nitrogens with zero attached hydrogens (tertiary/aromatic N) is 3. The second-order valence-electron chi connectivity index (χ2n) is 5.76. The lowest BCUT2D eigenvalue weighted by Crippen LogP contribution is -2.50. The van der Waals surface area contributed by atoms with Crippen LogP contribution in [-0.2, 0) is 11.2 Å². The van der Waals surface area contributed by atoms with Gasteiger partial charge in [0.1, 0.15) is 0 Å². The summed E-state index contributed by atoms with van der Waals surface area (Å²) in [5.41, 5.74) is 0.941. The first-order valence-corrected chi connectivity index (χ1v) is 8.12. The van der Waals surface area contributed by atoms with E-state index in [1.807, 2.05) is 22.2 Å². The predicted octanol–water partition coefficient (Wildman–Crippen LogP) is 1.16. The molecule has 2 aromatic rings. The second-order valence-corrected chi connectivity index (χ2v) is 6.63. The Bertz CT molecular complexity index is 568. The van der Waals surface area contributed by atoms with E-state index in [2.05, 4.69) is 9.88 Å². The number of hydrogen-bond donors (Lipinski definition) is 1. The zero-order valence-corrected chi connectivity index (χ0v) is 12.1. The summed E-state index contributed by atoms with van der Waals surface area (Å²) in [6.07, 6.45) is 6.50. The topological polar surface area (TPSA) is 50.0 Å². The molecular weight excluding hydrogens is 274 g/mol. The molecule has 3 atom stereocenters. The third-order valence-electron chi connectivity index (χ3n) is 4.41. The Kier molecular flexibility index (Phi) is 3.26. The van der Waals surface area contributed by atoms with Gasteiger partial charge in [0.15, 0.2) is 4.96 Å². The number of aromatic nitrogens is 2. The summed E-state index contributed by atoms with van der Waals surface area (Å²) in [4.78, 5) is 7.97. The van der Waals surface area contributed by atoms with E-state index in [9.17, 15) is 5.11 Å². The number of imidazole rings is 1. The summed E-state index contributed by atoms with van der Waals surface area (Å²) in [6.45, 7) is 2.77. The average molecular weight is 293 g/mol. The molecule has 2 saturated heterocycles. The molecule has 2 aromatic heterocycles. The number of rotatable bonds is 3. The van der Waals surface area contributed by atoms with Crippen molar-refractivity contribution in [3.63, 3.8) is 0 Å². The van der Waals surface area contributed by atoms with Gasteiger partial charge in [-0.25, -0.2) is 4.98 Å². The lowest BCUT2D eigenvalue weighted by Gasteiger charge is -2.37. The van der Waals surface area contributed by atoms with Gasteiger partial charge in [-0.2, -0.15) is 0 Å². The number of ether oxygens (including phenoxy) is 1. The average Bonchev–Trinajstić information content (AvgIpc) is 3.11. The van der Waals surface area contributed by atoms with Gasteiger partial charge in [0, 0.05) is 36.8 Å². The molecule has 0 aromatic carbocycles. The standard InChI is InChI=1S/C14H19N3O2S/c18-12(6-10-7-17-4-5-20-14(17)15-10)13-8-16-3-1-2-11(16)9-19-13/h4-5,7,11-13,18H,1-3,6,8-9H2. The molecule has 0 radical (unpaired) electrons. The normalized spacial score (nSPS) is 28.9. The fraction of sp³-hybridized carbons (Fsp3) is 0.643.